The van der Waals surface area contributed by atoms with Gasteiger partial charge in [0.25, 0.3) is 6.48 Å². The molecule has 0 amide bonds. The van der Waals surface area contributed by atoms with E-state index < -0.39 is 41.1 Å². The lowest BCUT2D eigenvalue weighted by molar-refractivity contribution is -0.302. The first-order chi connectivity index (χ1) is 17.9. The molecule has 1 atom stereocenters. The highest BCUT2D eigenvalue weighted by molar-refractivity contribution is 5.24. The molecule has 0 saturated heterocycles. The second kappa shape index (κ2) is 20.7. The van der Waals surface area contributed by atoms with Gasteiger partial charge in [0, 0.05) is 18.8 Å². The van der Waals surface area contributed by atoms with Crippen molar-refractivity contribution in [1.82, 2.24) is 0 Å². The minimum absolute atomic E-state index is 0.0629. The average molecular weight is 539 g/mol. The Morgan fingerprint density at radius 1 is 0.514 bits per heavy atom. The maximum absolute atomic E-state index is 13.8. The Morgan fingerprint density at radius 3 is 1.38 bits per heavy atom. The van der Waals surface area contributed by atoms with Gasteiger partial charge in [-0.1, -0.05) is 84.0 Å². The molecule has 216 valence electrons. The zero-order chi connectivity index (χ0) is 27.5. The molecule has 0 N–H and O–H groups in total. The van der Waals surface area contributed by atoms with Gasteiger partial charge in [0.2, 0.25) is 5.82 Å². The maximum Gasteiger partial charge on any atom is 0.271 e. The van der Waals surface area contributed by atoms with Gasteiger partial charge in [0.15, 0.2) is 23.3 Å². The number of unbranched alkanes of at least 4 members (excludes halogenated alkanes) is 11. The highest BCUT2D eigenvalue weighted by atomic mass is 19.2. The zero-order valence-electron chi connectivity index (χ0n) is 23.0. The Morgan fingerprint density at radius 2 is 0.919 bits per heavy atom. The highest BCUT2D eigenvalue weighted by Crippen LogP contribution is 2.25. The molecular formula is C29H47F5O3. The summed E-state index contributed by atoms with van der Waals surface area (Å²) in [6.07, 6.45) is 15.2. The molecule has 1 unspecified atom stereocenters. The summed E-state index contributed by atoms with van der Waals surface area (Å²) in [7, 11) is 0. The van der Waals surface area contributed by atoms with E-state index in [0.29, 0.717) is 26.1 Å². The van der Waals surface area contributed by atoms with Crippen LogP contribution in [-0.2, 0) is 20.6 Å². The van der Waals surface area contributed by atoms with Crippen molar-refractivity contribution >= 4 is 0 Å². The van der Waals surface area contributed by atoms with E-state index in [9.17, 15) is 22.0 Å². The second-order valence-corrected chi connectivity index (χ2v) is 9.58. The molecule has 1 aromatic carbocycles. The third-order valence-corrected chi connectivity index (χ3v) is 6.54. The molecule has 0 bridgehead atoms. The predicted molar refractivity (Wildman–Crippen MR) is 137 cm³/mol. The Hall–Kier alpha value is -1.25. The molecular weight excluding hydrogens is 491 g/mol. The van der Waals surface area contributed by atoms with Crippen LogP contribution in [0.3, 0.4) is 0 Å². The number of hydrogen-bond donors (Lipinski definition) is 0. The lowest BCUT2D eigenvalue weighted by Crippen LogP contribution is -2.27. The van der Waals surface area contributed by atoms with Gasteiger partial charge in [-0.2, -0.15) is 0 Å². The average Bonchev–Trinajstić information content (AvgIpc) is 2.89. The molecule has 1 aromatic rings. The van der Waals surface area contributed by atoms with Gasteiger partial charge in [-0.05, 0) is 39.5 Å². The molecule has 8 heteroatoms. The van der Waals surface area contributed by atoms with E-state index in [1.807, 2.05) is 13.8 Å². The van der Waals surface area contributed by atoms with E-state index in [1.165, 1.54) is 38.5 Å². The lowest BCUT2D eigenvalue weighted by atomic mass is 10.0. The summed E-state index contributed by atoms with van der Waals surface area (Å²) >= 11 is 0. The summed E-state index contributed by atoms with van der Waals surface area (Å²) in [5, 5.41) is 0. The summed E-state index contributed by atoms with van der Waals surface area (Å²) in [6, 6.07) is 0. The van der Waals surface area contributed by atoms with E-state index in [1.54, 1.807) is 0 Å². The van der Waals surface area contributed by atoms with Crippen molar-refractivity contribution < 1.29 is 36.2 Å². The van der Waals surface area contributed by atoms with E-state index in [2.05, 4.69) is 6.92 Å². The minimum atomic E-state index is -2.11. The van der Waals surface area contributed by atoms with Crippen molar-refractivity contribution in [3.8, 4) is 0 Å². The number of halogens is 5. The van der Waals surface area contributed by atoms with Crippen molar-refractivity contribution in [3.63, 3.8) is 0 Å². The Kier molecular flexibility index (Phi) is 18.9. The smallest absolute Gasteiger partial charge is 0.271 e. The van der Waals surface area contributed by atoms with Crippen molar-refractivity contribution in [1.29, 1.82) is 0 Å². The third-order valence-electron chi connectivity index (χ3n) is 6.54. The summed E-state index contributed by atoms with van der Waals surface area (Å²) < 4.78 is 84.6. The Balaban J connectivity index is 2.36. The molecule has 0 aliphatic carbocycles. The fraction of sp³-hybridized carbons (Fsp3) is 0.793. The Labute approximate surface area is 220 Å². The molecule has 1 rings (SSSR count). The molecule has 0 saturated carbocycles. The quantitative estimate of drug-likeness (QED) is 0.0456. The maximum atomic E-state index is 13.8. The summed E-state index contributed by atoms with van der Waals surface area (Å²) in [5.74, 6) is -9.31. The van der Waals surface area contributed by atoms with Gasteiger partial charge in [-0.15, -0.1) is 0 Å². The van der Waals surface area contributed by atoms with Crippen LogP contribution in [0.1, 0.15) is 123 Å². The molecule has 0 heterocycles. The first kappa shape index (κ1) is 33.8. The molecule has 0 spiro atoms. The molecule has 0 fully saturated rings. The standard InChI is InChI=1S/C29H47F5O3/c1-4-7-8-9-10-13-16-19-22(37-29(35-5-2)36-6-3)20-17-14-11-12-15-18-21-23-24(30)26(32)28(34)27(33)25(23)31/h22,29H,4-21H2,1-3H3. The van der Waals surface area contributed by atoms with Crippen molar-refractivity contribution in [3.05, 3.63) is 34.6 Å². The van der Waals surface area contributed by atoms with Gasteiger partial charge < -0.3 is 14.2 Å². The minimum Gasteiger partial charge on any atom is -0.330 e. The molecule has 0 aliphatic rings. The summed E-state index contributed by atoms with van der Waals surface area (Å²) in [4.78, 5) is 0. The zero-order valence-corrected chi connectivity index (χ0v) is 23.0. The molecule has 0 aromatic heterocycles. The first-order valence-electron chi connectivity index (χ1n) is 14.3. The van der Waals surface area contributed by atoms with Crippen molar-refractivity contribution in [2.75, 3.05) is 13.2 Å². The number of hydrogen-bond acceptors (Lipinski definition) is 3. The van der Waals surface area contributed by atoms with E-state index in [-0.39, 0.29) is 12.5 Å². The van der Waals surface area contributed by atoms with Crippen LogP contribution < -0.4 is 0 Å². The first-order valence-corrected chi connectivity index (χ1v) is 14.3. The van der Waals surface area contributed by atoms with Crippen LogP contribution in [0.25, 0.3) is 0 Å². The van der Waals surface area contributed by atoms with Gasteiger partial charge in [-0.3, -0.25) is 0 Å². The van der Waals surface area contributed by atoms with Crippen LogP contribution in [0.15, 0.2) is 0 Å². The monoisotopic (exact) mass is 538 g/mol. The van der Waals surface area contributed by atoms with Crippen molar-refractivity contribution in [2.24, 2.45) is 0 Å². The van der Waals surface area contributed by atoms with E-state index in [0.717, 1.165) is 44.9 Å². The largest absolute Gasteiger partial charge is 0.330 e. The van der Waals surface area contributed by atoms with Crippen LogP contribution in [0, 0.1) is 29.1 Å². The van der Waals surface area contributed by atoms with Crippen LogP contribution in [0.4, 0.5) is 22.0 Å². The summed E-state index contributed by atoms with van der Waals surface area (Å²) in [5.41, 5.74) is -0.722. The van der Waals surface area contributed by atoms with Gasteiger partial charge >= 0.3 is 0 Å². The predicted octanol–water partition coefficient (Wildman–Crippen LogP) is 9.54. The SMILES string of the molecule is CCCCCCCCCC(CCCCCCCCc1c(F)c(F)c(F)c(F)c1F)OC(OCC)OCC. The molecule has 0 aliphatic heterocycles. The van der Waals surface area contributed by atoms with E-state index in [4.69, 9.17) is 14.2 Å². The third kappa shape index (κ3) is 13.4. The normalized spacial score (nSPS) is 12.6. The van der Waals surface area contributed by atoms with Crippen LogP contribution in [0.2, 0.25) is 0 Å². The Bertz CT molecular complexity index is 697. The molecule has 37 heavy (non-hydrogen) atoms. The fourth-order valence-electron chi connectivity index (χ4n) is 4.42. The van der Waals surface area contributed by atoms with Crippen LogP contribution in [0.5, 0.6) is 0 Å². The van der Waals surface area contributed by atoms with E-state index >= 15 is 0 Å². The summed E-state index contributed by atoms with van der Waals surface area (Å²) in [6.45, 7) is 6.42. The van der Waals surface area contributed by atoms with Gasteiger partial charge in [0.1, 0.15) is 0 Å². The highest BCUT2D eigenvalue weighted by Gasteiger charge is 2.25. The van der Waals surface area contributed by atoms with Gasteiger partial charge in [0.05, 0.1) is 6.10 Å². The fourth-order valence-corrected chi connectivity index (χ4v) is 4.42. The topological polar surface area (TPSA) is 27.7 Å². The van der Waals surface area contributed by atoms with Crippen LogP contribution in [-0.4, -0.2) is 25.8 Å². The number of rotatable bonds is 23. The lowest BCUT2D eigenvalue weighted by Gasteiger charge is -2.24. The second-order valence-electron chi connectivity index (χ2n) is 9.58. The molecule has 0 radical (unpaired) electrons. The molecule has 3 nitrogen and oxygen atoms in total. The van der Waals surface area contributed by atoms with Crippen molar-refractivity contribution in [2.45, 2.75) is 136 Å². The van der Waals surface area contributed by atoms with Gasteiger partial charge in [-0.25, -0.2) is 22.0 Å². The number of benzene rings is 1. The van der Waals surface area contributed by atoms with Crippen LogP contribution >= 0.6 is 0 Å². The number of ether oxygens (including phenoxy) is 3.